The molecule has 24 heavy (non-hydrogen) atoms. The van der Waals surface area contributed by atoms with Crippen LogP contribution in [0.3, 0.4) is 0 Å². The molecule has 1 aliphatic rings. The predicted octanol–water partition coefficient (Wildman–Crippen LogP) is 1.79. The summed E-state index contributed by atoms with van der Waals surface area (Å²) in [6.45, 7) is 3.77. The molecular formula is C17H21FN2O4. The Bertz CT molecular complexity index is 647. The minimum atomic E-state index is -1.10. The second kappa shape index (κ2) is 7.42. The second-order valence-corrected chi connectivity index (χ2v) is 6.39. The lowest BCUT2D eigenvalue weighted by Crippen LogP contribution is -2.44. The van der Waals surface area contributed by atoms with Gasteiger partial charge in [-0.3, -0.25) is 9.59 Å². The van der Waals surface area contributed by atoms with E-state index in [1.54, 1.807) is 6.07 Å². The summed E-state index contributed by atoms with van der Waals surface area (Å²) in [5.74, 6) is -3.06. The van der Waals surface area contributed by atoms with Gasteiger partial charge in [-0.1, -0.05) is 26.0 Å². The van der Waals surface area contributed by atoms with Crippen LogP contribution in [0.5, 0.6) is 0 Å². The number of para-hydroxylation sites is 1. The average molecular weight is 336 g/mol. The molecule has 0 bridgehead atoms. The Morgan fingerprint density at radius 1 is 1.38 bits per heavy atom. The molecule has 6 nitrogen and oxygen atoms in total. The maximum absolute atomic E-state index is 13.8. The van der Waals surface area contributed by atoms with Gasteiger partial charge in [0.1, 0.15) is 11.9 Å². The van der Waals surface area contributed by atoms with E-state index in [1.807, 2.05) is 13.8 Å². The fourth-order valence-electron chi connectivity index (χ4n) is 2.77. The van der Waals surface area contributed by atoms with Crippen molar-refractivity contribution in [1.82, 2.24) is 5.32 Å². The van der Waals surface area contributed by atoms with Crippen LogP contribution < -0.4 is 10.2 Å². The van der Waals surface area contributed by atoms with Crippen molar-refractivity contribution >= 4 is 23.5 Å². The first-order chi connectivity index (χ1) is 11.3. The van der Waals surface area contributed by atoms with Crippen LogP contribution >= 0.6 is 0 Å². The standard InChI is InChI=1S/C17H21FN2O4/c1-10(2)7-13(17(23)24)19-16(22)11-8-15(21)20(9-11)14-6-4-3-5-12(14)18/h3-6,10-11,13H,7-9H2,1-2H3,(H,19,22)(H,23,24). The molecule has 130 valence electrons. The van der Waals surface area contributed by atoms with E-state index in [2.05, 4.69) is 5.32 Å². The molecule has 1 heterocycles. The van der Waals surface area contributed by atoms with Gasteiger partial charge in [0.2, 0.25) is 11.8 Å². The van der Waals surface area contributed by atoms with E-state index < -0.39 is 29.7 Å². The minimum absolute atomic E-state index is 0.0413. The molecule has 2 rings (SSSR count). The summed E-state index contributed by atoms with van der Waals surface area (Å²) in [6, 6.07) is 4.87. The van der Waals surface area contributed by atoms with Gasteiger partial charge in [0.15, 0.2) is 0 Å². The first kappa shape index (κ1) is 17.9. The number of halogens is 1. The summed E-state index contributed by atoms with van der Waals surface area (Å²) in [4.78, 5) is 36.9. The lowest BCUT2D eigenvalue weighted by atomic mass is 10.0. The van der Waals surface area contributed by atoms with Gasteiger partial charge in [-0.25, -0.2) is 9.18 Å². The number of benzene rings is 1. The SMILES string of the molecule is CC(C)CC(NC(=O)C1CC(=O)N(c2ccccc2F)C1)C(=O)O. The Labute approximate surface area is 139 Å². The maximum atomic E-state index is 13.8. The summed E-state index contributed by atoms with van der Waals surface area (Å²) >= 11 is 0. The van der Waals surface area contributed by atoms with Crippen molar-refractivity contribution < 1.29 is 23.9 Å². The van der Waals surface area contributed by atoms with Crippen molar-refractivity contribution in [2.75, 3.05) is 11.4 Å². The highest BCUT2D eigenvalue weighted by Gasteiger charge is 2.37. The average Bonchev–Trinajstić information content (AvgIpc) is 2.88. The third-order valence-electron chi connectivity index (χ3n) is 3.96. The first-order valence-corrected chi connectivity index (χ1v) is 7.87. The van der Waals surface area contributed by atoms with Crippen LogP contribution in [0, 0.1) is 17.7 Å². The van der Waals surface area contributed by atoms with Crippen molar-refractivity contribution in [3.63, 3.8) is 0 Å². The Morgan fingerprint density at radius 2 is 2.04 bits per heavy atom. The van der Waals surface area contributed by atoms with Crippen LogP contribution in [0.1, 0.15) is 26.7 Å². The van der Waals surface area contributed by atoms with E-state index in [0.717, 1.165) is 0 Å². The predicted molar refractivity (Wildman–Crippen MR) is 85.9 cm³/mol. The second-order valence-electron chi connectivity index (χ2n) is 6.39. The fraction of sp³-hybridized carbons (Fsp3) is 0.471. The monoisotopic (exact) mass is 336 g/mol. The normalized spacial score (nSPS) is 18.8. The number of hydrogen-bond acceptors (Lipinski definition) is 3. The van der Waals surface area contributed by atoms with Gasteiger partial charge in [0.25, 0.3) is 0 Å². The smallest absolute Gasteiger partial charge is 0.326 e. The maximum Gasteiger partial charge on any atom is 0.326 e. The molecule has 1 aromatic rings. The zero-order valence-corrected chi connectivity index (χ0v) is 13.7. The molecule has 7 heteroatoms. The molecule has 1 fully saturated rings. The Kier molecular flexibility index (Phi) is 5.54. The number of rotatable bonds is 6. The van der Waals surface area contributed by atoms with Crippen molar-refractivity contribution in [2.24, 2.45) is 11.8 Å². The van der Waals surface area contributed by atoms with E-state index >= 15 is 0 Å². The molecular weight excluding hydrogens is 315 g/mol. The van der Waals surface area contributed by atoms with Gasteiger partial charge < -0.3 is 15.3 Å². The molecule has 2 N–H and O–H groups in total. The largest absolute Gasteiger partial charge is 0.480 e. The van der Waals surface area contributed by atoms with Gasteiger partial charge in [0.05, 0.1) is 11.6 Å². The van der Waals surface area contributed by atoms with Crippen LogP contribution in [0.15, 0.2) is 24.3 Å². The zero-order valence-electron chi connectivity index (χ0n) is 13.7. The van der Waals surface area contributed by atoms with Crippen LogP contribution in [-0.2, 0) is 14.4 Å². The summed E-state index contributed by atoms with van der Waals surface area (Å²) in [7, 11) is 0. The lowest BCUT2D eigenvalue weighted by molar-refractivity contribution is -0.142. The number of anilines is 1. The number of hydrogen-bond donors (Lipinski definition) is 2. The molecule has 1 aromatic carbocycles. The van der Waals surface area contributed by atoms with E-state index in [-0.39, 0.29) is 30.5 Å². The zero-order chi connectivity index (χ0) is 17.9. The van der Waals surface area contributed by atoms with Crippen LogP contribution in [-0.4, -0.2) is 35.5 Å². The first-order valence-electron chi connectivity index (χ1n) is 7.87. The van der Waals surface area contributed by atoms with Crippen molar-refractivity contribution in [3.05, 3.63) is 30.1 Å². The Hall–Kier alpha value is -2.44. The number of carboxylic acid groups (broad SMARTS) is 1. The number of carbonyl (C=O) groups is 3. The quantitative estimate of drug-likeness (QED) is 0.829. The molecule has 2 atom stereocenters. The van der Waals surface area contributed by atoms with E-state index in [9.17, 15) is 23.9 Å². The highest BCUT2D eigenvalue weighted by atomic mass is 19.1. The van der Waals surface area contributed by atoms with Gasteiger partial charge in [-0.15, -0.1) is 0 Å². The van der Waals surface area contributed by atoms with Crippen molar-refractivity contribution in [1.29, 1.82) is 0 Å². The van der Waals surface area contributed by atoms with Gasteiger partial charge >= 0.3 is 5.97 Å². The molecule has 0 saturated carbocycles. The van der Waals surface area contributed by atoms with Gasteiger partial charge in [-0.05, 0) is 24.5 Å². The molecule has 2 amide bonds. The van der Waals surface area contributed by atoms with Gasteiger partial charge in [0, 0.05) is 13.0 Å². The summed E-state index contributed by atoms with van der Waals surface area (Å²) < 4.78 is 13.8. The van der Waals surface area contributed by atoms with Crippen molar-refractivity contribution in [2.45, 2.75) is 32.7 Å². The van der Waals surface area contributed by atoms with Crippen LogP contribution in [0.2, 0.25) is 0 Å². The topological polar surface area (TPSA) is 86.7 Å². The summed E-state index contributed by atoms with van der Waals surface area (Å²) in [5.41, 5.74) is 0.134. The Balaban J connectivity index is 2.06. The van der Waals surface area contributed by atoms with Crippen LogP contribution in [0.4, 0.5) is 10.1 Å². The Morgan fingerprint density at radius 3 is 2.62 bits per heavy atom. The number of carboxylic acids is 1. The molecule has 0 radical (unpaired) electrons. The highest BCUT2D eigenvalue weighted by molar-refractivity contribution is 6.00. The molecule has 1 saturated heterocycles. The number of nitrogens with zero attached hydrogens (tertiary/aromatic N) is 1. The lowest BCUT2D eigenvalue weighted by Gasteiger charge is -2.20. The third-order valence-corrected chi connectivity index (χ3v) is 3.96. The van der Waals surface area contributed by atoms with E-state index in [4.69, 9.17) is 0 Å². The fourth-order valence-corrected chi connectivity index (χ4v) is 2.77. The third kappa shape index (κ3) is 4.10. The van der Waals surface area contributed by atoms with Crippen molar-refractivity contribution in [3.8, 4) is 0 Å². The summed E-state index contributed by atoms with van der Waals surface area (Å²) in [5, 5.41) is 11.7. The molecule has 0 spiro atoms. The number of nitrogens with one attached hydrogen (secondary N) is 1. The van der Waals surface area contributed by atoms with E-state index in [0.29, 0.717) is 6.42 Å². The molecule has 1 aliphatic heterocycles. The molecule has 0 aromatic heterocycles. The number of amides is 2. The number of carbonyl (C=O) groups excluding carboxylic acids is 2. The van der Waals surface area contributed by atoms with Crippen LogP contribution in [0.25, 0.3) is 0 Å². The summed E-state index contributed by atoms with van der Waals surface area (Å²) in [6.07, 6.45) is 0.243. The number of aliphatic carboxylic acids is 1. The molecule has 2 unspecified atom stereocenters. The van der Waals surface area contributed by atoms with Gasteiger partial charge in [-0.2, -0.15) is 0 Å². The molecule has 0 aliphatic carbocycles. The minimum Gasteiger partial charge on any atom is -0.480 e. The van der Waals surface area contributed by atoms with E-state index in [1.165, 1.54) is 23.1 Å². The highest BCUT2D eigenvalue weighted by Crippen LogP contribution is 2.27.